The van der Waals surface area contributed by atoms with Crippen LogP contribution in [-0.4, -0.2) is 5.71 Å². The number of benzene rings is 7. The molecule has 0 amide bonds. The van der Waals surface area contributed by atoms with Crippen molar-refractivity contribution in [1.29, 1.82) is 0 Å². The van der Waals surface area contributed by atoms with Crippen molar-refractivity contribution in [2.24, 2.45) is 10.9 Å². The van der Waals surface area contributed by atoms with Crippen molar-refractivity contribution < 1.29 is 0 Å². The van der Waals surface area contributed by atoms with Gasteiger partial charge in [0.15, 0.2) is 0 Å². The highest BCUT2D eigenvalue weighted by Gasteiger charge is 2.54. The number of allylic oxidation sites excluding steroid dienone is 5. The maximum atomic E-state index is 5.40. The molecule has 0 spiro atoms. The molecule has 3 atom stereocenters. The summed E-state index contributed by atoms with van der Waals surface area (Å²) in [5.74, 6) is 0.400. The summed E-state index contributed by atoms with van der Waals surface area (Å²) in [6.07, 6.45) is 6.87. The number of nitrogens with one attached hydrogen (secondary N) is 1. The Hall–Kier alpha value is -6.77. The van der Waals surface area contributed by atoms with Gasteiger partial charge in [0, 0.05) is 23.0 Å². The summed E-state index contributed by atoms with van der Waals surface area (Å²) in [5, 5.41) is 3.90. The van der Waals surface area contributed by atoms with Gasteiger partial charge < -0.3 is 5.32 Å². The van der Waals surface area contributed by atoms with Crippen molar-refractivity contribution in [2.75, 3.05) is 0 Å². The van der Waals surface area contributed by atoms with Crippen LogP contribution in [0.1, 0.15) is 62.2 Å². The van der Waals surface area contributed by atoms with E-state index in [2.05, 4.69) is 224 Å². The molecule has 1 aliphatic heterocycles. The monoisotopic (exact) mass is 704 g/mol. The van der Waals surface area contributed by atoms with Crippen LogP contribution in [0.25, 0.3) is 16.8 Å². The zero-order chi connectivity index (χ0) is 36.6. The molecular weight excluding hydrogens is 665 g/mol. The normalized spacial score (nSPS) is 19.5. The van der Waals surface area contributed by atoms with Crippen LogP contribution >= 0.6 is 0 Å². The molecule has 0 fully saturated rings. The fourth-order valence-corrected chi connectivity index (χ4v) is 9.39. The number of hydrogen-bond donors (Lipinski definition) is 1. The van der Waals surface area contributed by atoms with Crippen molar-refractivity contribution >= 4 is 22.6 Å². The first-order valence-corrected chi connectivity index (χ1v) is 19.2. The van der Waals surface area contributed by atoms with E-state index < -0.39 is 0 Å². The van der Waals surface area contributed by atoms with E-state index in [4.69, 9.17) is 4.99 Å². The second-order valence-corrected chi connectivity index (χ2v) is 14.6. The van der Waals surface area contributed by atoms with Gasteiger partial charge in [-0.25, -0.2) is 0 Å². The molecule has 7 aromatic rings. The van der Waals surface area contributed by atoms with Gasteiger partial charge in [0.2, 0.25) is 0 Å². The van der Waals surface area contributed by atoms with E-state index in [1.807, 2.05) is 0 Å². The number of aliphatic imine (C=N–C) groups is 1. The summed E-state index contributed by atoms with van der Waals surface area (Å²) in [6, 6.07) is 72.5. The minimum atomic E-state index is -0.319. The molecule has 262 valence electrons. The molecule has 3 aliphatic rings. The predicted octanol–water partition coefficient (Wildman–Crippen LogP) is 12.0. The minimum absolute atomic E-state index is 0.193. The van der Waals surface area contributed by atoms with E-state index in [0.717, 1.165) is 39.2 Å². The zero-order valence-corrected chi connectivity index (χ0v) is 30.5. The van der Waals surface area contributed by atoms with E-state index in [-0.39, 0.29) is 23.4 Å². The molecule has 0 saturated heterocycles. The van der Waals surface area contributed by atoms with Gasteiger partial charge in [-0.15, -0.1) is 0 Å². The number of rotatable bonds is 7. The summed E-state index contributed by atoms with van der Waals surface area (Å²) < 4.78 is 0. The highest BCUT2D eigenvalue weighted by molar-refractivity contribution is 6.37. The zero-order valence-electron chi connectivity index (χ0n) is 30.5. The Labute approximate surface area is 323 Å². The average Bonchev–Trinajstić information content (AvgIpc) is 3.59. The van der Waals surface area contributed by atoms with Crippen LogP contribution in [-0.2, 0) is 5.41 Å². The molecule has 2 nitrogen and oxygen atoms in total. The van der Waals surface area contributed by atoms with Crippen LogP contribution in [0.2, 0.25) is 0 Å². The molecule has 3 unspecified atom stereocenters. The van der Waals surface area contributed by atoms with Gasteiger partial charge in [0.1, 0.15) is 6.17 Å². The highest BCUT2D eigenvalue weighted by Crippen LogP contribution is 2.62. The Bertz CT molecular complexity index is 2550. The lowest BCUT2D eigenvalue weighted by Crippen LogP contribution is -2.35. The fourth-order valence-electron chi connectivity index (χ4n) is 9.39. The van der Waals surface area contributed by atoms with Gasteiger partial charge >= 0.3 is 0 Å². The Kier molecular flexibility index (Phi) is 8.30. The number of nitrogens with zero attached hydrogens (tertiary/aromatic N) is 1. The Morgan fingerprint density at radius 2 is 1.00 bits per heavy atom. The summed E-state index contributed by atoms with van der Waals surface area (Å²) in [5.41, 5.74) is 15.4. The third-order valence-electron chi connectivity index (χ3n) is 11.7. The Morgan fingerprint density at radius 3 is 1.64 bits per heavy atom. The molecule has 0 bridgehead atoms. The van der Waals surface area contributed by atoms with E-state index >= 15 is 0 Å². The van der Waals surface area contributed by atoms with Crippen LogP contribution in [0, 0.1) is 5.92 Å². The Morgan fingerprint density at radius 1 is 0.473 bits per heavy atom. The Balaban J connectivity index is 1.10. The SMILES string of the molecule is C1=CC2C(C(c3ccc(C4=C(c5ccccc5)C(c5ccccc5)=NC(c5ccccc5)N4)cc3)=C1)c1ccccc1C2(c1ccccc1)c1ccccc1. The highest BCUT2D eigenvalue weighted by atomic mass is 15.1. The van der Waals surface area contributed by atoms with E-state index in [1.165, 1.54) is 33.4 Å². The average molecular weight is 705 g/mol. The van der Waals surface area contributed by atoms with E-state index in [0.29, 0.717) is 0 Å². The second kappa shape index (κ2) is 13.9. The molecule has 2 aliphatic carbocycles. The molecule has 2 heteroatoms. The van der Waals surface area contributed by atoms with Crippen molar-refractivity contribution in [3.05, 3.63) is 268 Å². The van der Waals surface area contributed by atoms with E-state index in [9.17, 15) is 0 Å². The lowest BCUT2D eigenvalue weighted by atomic mass is 9.62. The third-order valence-corrected chi connectivity index (χ3v) is 11.7. The third kappa shape index (κ3) is 5.53. The van der Waals surface area contributed by atoms with Gasteiger partial charge in [-0.2, -0.15) is 0 Å². The molecule has 0 radical (unpaired) electrons. The topological polar surface area (TPSA) is 24.4 Å². The molecular formula is C53H40N2. The molecule has 7 aromatic carbocycles. The quantitative estimate of drug-likeness (QED) is 0.175. The van der Waals surface area contributed by atoms with Gasteiger partial charge in [-0.3, -0.25) is 4.99 Å². The molecule has 0 aromatic heterocycles. The second-order valence-electron chi connectivity index (χ2n) is 14.6. The molecule has 0 saturated carbocycles. The fraction of sp³-hybridized carbons (Fsp3) is 0.0755. The number of fused-ring (bicyclic) bond motifs is 3. The van der Waals surface area contributed by atoms with Crippen LogP contribution < -0.4 is 5.32 Å². The standard InChI is InChI=1S/C53H40N2/c1-6-19-38(20-7-1)48-50(39-21-8-2-9-22-39)54-52(41-23-10-3-11-24-41)55-51(48)40-35-33-37(34-36-40)44-30-18-32-47-49(44)45-29-16-17-31-46(45)53(47,42-25-12-4-13-26-42)43-27-14-5-15-28-43/h1-36,47,49,52,55H. The van der Waals surface area contributed by atoms with Crippen molar-refractivity contribution in [3.8, 4) is 0 Å². The maximum Gasteiger partial charge on any atom is 0.145 e. The van der Waals surface area contributed by atoms with Crippen molar-refractivity contribution in [3.63, 3.8) is 0 Å². The first-order valence-electron chi connectivity index (χ1n) is 19.2. The van der Waals surface area contributed by atoms with Crippen LogP contribution in [0.15, 0.2) is 223 Å². The lowest BCUT2D eigenvalue weighted by Gasteiger charge is -2.40. The minimum Gasteiger partial charge on any atom is -0.359 e. The summed E-state index contributed by atoms with van der Waals surface area (Å²) in [6.45, 7) is 0. The molecule has 10 rings (SSSR count). The molecule has 1 N–H and O–H groups in total. The summed E-state index contributed by atoms with van der Waals surface area (Å²) in [7, 11) is 0. The van der Waals surface area contributed by atoms with Crippen LogP contribution in [0.5, 0.6) is 0 Å². The van der Waals surface area contributed by atoms with Crippen molar-refractivity contribution in [2.45, 2.75) is 17.5 Å². The first-order chi connectivity index (χ1) is 27.3. The molecule has 55 heavy (non-hydrogen) atoms. The van der Waals surface area contributed by atoms with Gasteiger partial charge in [0.05, 0.1) is 16.8 Å². The molecule has 1 heterocycles. The summed E-state index contributed by atoms with van der Waals surface area (Å²) >= 11 is 0. The lowest BCUT2D eigenvalue weighted by molar-refractivity contribution is 0.462. The number of hydrogen-bond acceptors (Lipinski definition) is 2. The van der Waals surface area contributed by atoms with Gasteiger partial charge in [-0.1, -0.05) is 218 Å². The van der Waals surface area contributed by atoms with Gasteiger partial charge in [0.25, 0.3) is 0 Å². The first kappa shape index (κ1) is 32.8. The smallest absolute Gasteiger partial charge is 0.145 e. The van der Waals surface area contributed by atoms with Gasteiger partial charge in [-0.05, 0) is 50.1 Å². The summed E-state index contributed by atoms with van der Waals surface area (Å²) in [4.78, 5) is 5.40. The predicted molar refractivity (Wildman–Crippen MR) is 228 cm³/mol. The largest absolute Gasteiger partial charge is 0.359 e. The van der Waals surface area contributed by atoms with Crippen molar-refractivity contribution in [1.82, 2.24) is 5.32 Å². The van der Waals surface area contributed by atoms with E-state index in [1.54, 1.807) is 0 Å². The van der Waals surface area contributed by atoms with Crippen LogP contribution in [0.3, 0.4) is 0 Å². The maximum absolute atomic E-state index is 5.40. The van der Waals surface area contributed by atoms with Crippen LogP contribution in [0.4, 0.5) is 0 Å².